The van der Waals surface area contributed by atoms with Gasteiger partial charge < -0.3 is 4.18 Å². The molecule has 27 heavy (non-hydrogen) atoms. The molecule has 0 heterocycles. The average Bonchev–Trinajstić information content (AvgIpc) is 2.63. The van der Waals surface area contributed by atoms with Crippen LogP contribution in [0.1, 0.15) is 5.56 Å². The van der Waals surface area contributed by atoms with Crippen LogP contribution in [0.4, 0.5) is 13.2 Å². The highest BCUT2D eigenvalue weighted by Gasteiger charge is 2.30. The largest absolute Gasteiger partial charge is 0.416 e. The molecule has 0 unspecified atom stereocenters. The zero-order valence-corrected chi connectivity index (χ0v) is 15.3. The second-order valence-corrected chi connectivity index (χ2v) is 8.14. The van der Waals surface area contributed by atoms with Gasteiger partial charge in [0.1, 0.15) is 10.6 Å². The minimum atomic E-state index is -4.53. The van der Waals surface area contributed by atoms with Crippen molar-refractivity contribution >= 4 is 21.9 Å². The highest BCUT2D eigenvalue weighted by atomic mass is 32.2. The molecular formula is C19H13F3O3S2. The van der Waals surface area contributed by atoms with Gasteiger partial charge >= 0.3 is 16.3 Å². The first-order chi connectivity index (χ1) is 12.7. The number of halogens is 3. The standard InChI is InChI=1S/C19H13F3O3S2/c20-19(21,22)14-6-12-18(13-7-14)27(23,24)25-15-8-10-17(11-9-15)26-16-4-2-1-3-5-16/h1-13H. The molecule has 0 aromatic heterocycles. The molecule has 0 amide bonds. The van der Waals surface area contributed by atoms with E-state index in [4.69, 9.17) is 4.18 Å². The third-order valence-corrected chi connectivity index (χ3v) is 5.76. The summed E-state index contributed by atoms with van der Waals surface area (Å²) in [6.07, 6.45) is -4.53. The quantitative estimate of drug-likeness (QED) is 0.512. The molecule has 3 rings (SSSR count). The SMILES string of the molecule is O=S(=O)(Oc1ccc(Sc2ccccc2)cc1)c1ccc(C(F)(F)F)cc1. The predicted molar refractivity (Wildman–Crippen MR) is 96.3 cm³/mol. The summed E-state index contributed by atoms with van der Waals surface area (Å²) in [6, 6.07) is 19.2. The Kier molecular flexibility index (Phi) is 5.48. The molecule has 0 aliphatic rings. The fraction of sp³-hybridized carbons (Fsp3) is 0.0526. The topological polar surface area (TPSA) is 43.4 Å². The van der Waals surface area contributed by atoms with E-state index in [2.05, 4.69) is 0 Å². The van der Waals surface area contributed by atoms with Crippen LogP contribution in [0.2, 0.25) is 0 Å². The molecule has 0 saturated carbocycles. The molecule has 0 aliphatic carbocycles. The summed E-state index contributed by atoms with van der Waals surface area (Å²) >= 11 is 1.50. The van der Waals surface area contributed by atoms with Crippen molar-refractivity contribution in [2.45, 2.75) is 20.9 Å². The van der Waals surface area contributed by atoms with Crippen molar-refractivity contribution in [1.82, 2.24) is 0 Å². The number of hydrogen-bond acceptors (Lipinski definition) is 4. The van der Waals surface area contributed by atoms with Gasteiger partial charge in [-0.1, -0.05) is 30.0 Å². The van der Waals surface area contributed by atoms with Crippen molar-refractivity contribution in [3.63, 3.8) is 0 Å². The third-order valence-electron chi connectivity index (χ3n) is 3.48. The van der Waals surface area contributed by atoms with Crippen molar-refractivity contribution < 1.29 is 25.8 Å². The number of alkyl halides is 3. The number of hydrogen-bond donors (Lipinski definition) is 0. The molecule has 8 heteroatoms. The fourth-order valence-corrected chi connectivity index (χ4v) is 3.94. The molecule has 3 aromatic carbocycles. The molecule has 0 atom stereocenters. The molecule has 3 nitrogen and oxygen atoms in total. The highest BCUT2D eigenvalue weighted by molar-refractivity contribution is 7.99. The molecule has 0 fully saturated rings. The van der Waals surface area contributed by atoms with Crippen molar-refractivity contribution in [3.8, 4) is 5.75 Å². The monoisotopic (exact) mass is 410 g/mol. The molecular weight excluding hydrogens is 397 g/mol. The Hall–Kier alpha value is -2.45. The second-order valence-electron chi connectivity index (χ2n) is 5.45. The van der Waals surface area contributed by atoms with E-state index in [1.807, 2.05) is 30.3 Å². The summed E-state index contributed by atoms with van der Waals surface area (Å²) in [7, 11) is -4.22. The Labute approximate surface area is 158 Å². The van der Waals surface area contributed by atoms with Gasteiger partial charge in [0.15, 0.2) is 0 Å². The van der Waals surface area contributed by atoms with Crippen LogP contribution in [-0.4, -0.2) is 8.42 Å². The van der Waals surface area contributed by atoms with Crippen LogP contribution in [0.5, 0.6) is 5.75 Å². The van der Waals surface area contributed by atoms with Crippen LogP contribution in [0.15, 0.2) is 93.5 Å². The fourth-order valence-electron chi connectivity index (χ4n) is 2.17. The molecule has 0 radical (unpaired) electrons. The van der Waals surface area contributed by atoms with Gasteiger partial charge in [-0.3, -0.25) is 0 Å². The Balaban J connectivity index is 1.72. The van der Waals surface area contributed by atoms with E-state index in [0.29, 0.717) is 12.1 Å². The molecule has 140 valence electrons. The second kappa shape index (κ2) is 7.66. The van der Waals surface area contributed by atoms with Crippen molar-refractivity contribution in [2.75, 3.05) is 0 Å². The van der Waals surface area contributed by atoms with Gasteiger partial charge in [0.25, 0.3) is 0 Å². The lowest BCUT2D eigenvalue weighted by atomic mass is 10.2. The van der Waals surface area contributed by atoms with E-state index in [9.17, 15) is 21.6 Å². The molecule has 0 N–H and O–H groups in total. The van der Waals surface area contributed by atoms with Gasteiger partial charge in [0.2, 0.25) is 0 Å². The Bertz CT molecular complexity index is 999. The zero-order chi connectivity index (χ0) is 19.5. The van der Waals surface area contributed by atoms with E-state index in [0.717, 1.165) is 21.9 Å². The van der Waals surface area contributed by atoms with Crippen LogP contribution < -0.4 is 4.18 Å². The van der Waals surface area contributed by atoms with E-state index in [-0.39, 0.29) is 10.6 Å². The Morgan fingerprint density at radius 3 is 1.85 bits per heavy atom. The predicted octanol–water partition coefficient (Wildman–Crippen LogP) is 5.62. The molecule has 0 aliphatic heterocycles. The first-order valence-corrected chi connectivity index (χ1v) is 9.91. The maximum atomic E-state index is 12.6. The summed E-state index contributed by atoms with van der Waals surface area (Å²) in [6.45, 7) is 0. The van der Waals surface area contributed by atoms with Crippen LogP contribution >= 0.6 is 11.8 Å². The first kappa shape index (κ1) is 19.3. The normalized spacial score (nSPS) is 12.0. The Morgan fingerprint density at radius 1 is 0.741 bits per heavy atom. The van der Waals surface area contributed by atoms with Crippen LogP contribution in [-0.2, 0) is 16.3 Å². The van der Waals surface area contributed by atoms with E-state index in [1.54, 1.807) is 12.1 Å². The smallest absolute Gasteiger partial charge is 0.379 e. The van der Waals surface area contributed by atoms with Gasteiger partial charge in [-0.15, -0.1) is 0 Å². The third kappa shape index (κ3) is 5.05. The minimum absolute atomic E-state index is 0.0762. The maximum absolute atomic E-state index is 12.6. The van der Waals surface area contributed by atoms with Gasteiger partial charge in [-0.25, -0.2) is 0 Å². The zero-order valence-electron chi connectivity index (χ0n) is 13.7. The van der Waals surface area contributed by atoms with Crippen molar-refractivity contribution in [2.24, 2.45) is 0 Å². The molecule has 0 saturated heterocycles. The van der Waals surface area contributed by atoms with Crippen LogP contribution in [0.3, 0.4) is 0 Å². The number of rotatable bonds is 5. The highest BCUT2D eigenvalue weighted by Crippen LogP contribution is 2.31. The summed E-state index contributed by atoms with van der Waals surface area (Å²) in [5.41, 5.74) is -0.927. The molecule has 3 aromatic rings. The molecule has 0 bridgehead atoms. The number of benzene rings is 3. The maximum Gasteiger partial charge on any atom is 0.416 e. The van der Waals surface area contributed by atoms with E-state index >= 15 is 0 Å². The van der Waals surface area contributed by atoms with E-state index in [1.165, 1.54) is 23.9 Å². The lowest BCUT2D eigenvalue weighted by molar-refractivity contribution is -0.137. The minimum Gasteiger partial charge on any atom is -0.379 e. The lowest BCUT2D eigenvalue weighted by Crippen LogP contribution is -2.11. The summed E-state index contributed by atoms with van der Waals surface area (Å²) < 4.78 is 67.2. The van der Waals surface area contributed by atoms with Gasteiger partial charge in [0, 0.05) is 9.79 Å². The van der Waals surface area contributed by atoms with Crippen molar-refractivity contribution in [1.29, 1.82) is 0 Å². The summed E-state index contributed by atoms with van der Waals surface area (Å²) in [4.78, 5) is 1.57. The Morgan fingerprint density at radius 2 is 1.30 bits per heavy atom. The van der Waals surface area contributed by atoms with Crippen LogP contribution in [0.25, 0.3) is 0 Å². The van der Waals surface area contributed by atoms with Gasteiger partial charge in [-0.05, 0) is 60.7 Å². The van der Waals surface area contributed by atoms with Crippen LogP contribution in [0, 0.1) is 0 Å². The summed E-state index contributed by atoms with van der Waals surface area (Å²) in [5.74, 6) is 0.0762. The first-order valence-electron chi connectivity index (χ1n) is 7.69. The van der Waals surface area contributed by atoms with Crippen molar-refractivity contribution in [3.05, 3.63) is 84.4 Å². The average molecular weight is 410 g/mol. The van der Waals surface area contributed by atoms with Gasteiger partial charge in [-0.2, -0.15) is 21.6 Å². The lowest BCUT2D eigenvalue weighted by Gasteiger charge is -2.10. The van der Waals surface area contributed by atoms with E-state index < -0.39 is 21.9 Å². The molecule has 0 spiro atoms. The summed E-state index contributed by atoms with van der Waals surface area (Å²) in [5, 5.41) is 0. The van der Waals surface area contributed by atoms with Gasteiger partial charge in [0.05, 0.1) is 5.56 Å².